The second-order valence-electron chi connectivity index (χ2n) is 7.75. The number of morpholine rings is 1. The Kier molecular flexibility index (Phi) is 6.06. The van der Waals surface area contributed by atoms with E-state index in [9.17, 15) is 13.6 Å². The molecule has 3 aromatic carbocycles. The maximum Gasteiger partial charge on any atom is 0.308 e. The number of hydrogen-bond acceptors (Lipinski definition) is 4. The van der Waals surface area contributed by atoms with Gasteiger partial charge < -0.3 is 19.1 Å². The average molecular weight is 527 g/mol. The van der Waals surface area contributed by atoms with Crippen LogP contribution in [-0.4, -0.2) is 37.1 Å². The van der Waals surface area contributed by atoms with Gasteiger partial charge in [0.15, 0.2) is 11.5 Å². The number of benzene rings is 3. The van der Waals surface area contributed by atoms with Gasteiger partial charge in [0.25, 0.3) is 5.91 Å². The second-order valence-corrected chi connectivity index (χ2v) is 8.97. The zero-order valence-electron chi connectivity index (χ0n) is 17.4. The largest absolute Gasteiger partial charge is 0.440 e. The smallest absolute Gasteiger partial charge is 0.308 e. The first-order chi connectivity index (χ1) is 16.3. The van der Waals surface area contributed by atoms with Crippen LogP contribution in [0, 0.1) is 11.6 Å². The molecule has 176 valence electrons. The number of rotatable bonds is 3. The third-order valence-electron chi connectivity index (χ3n) is 5.64. The van der Waals surface area contributed by atoms with E-state index in [0.717, 1.165) is 12.1 Å². The van der Waals surface area contributed by atoms with Crippen molar-refractivity contribution in [3.05, 3.63) is 91.9 Å². The molecule has 2 heterocycles. The van der Waals surface area contributed by atoms with Gasteiger partial charge in [-0.25, -0.2) is 8.78 Å². The zero-order valence-corrected chi connectivity index (χ0v) is 19.7. The molecule has 2 aliphatic heterocycles. The van der Waals surface area contributed by atoms with Crippen LogP contribution in [-0.2, 0) is 10.5 Å². The molecule has 1 amide bonds. The fourth-order valence-electron chi connectivity index (χ4n) is 4.00. The van der Waals surface area contributed by atoms with Gasteiger partial charge in [-0.3, -0.25) is 4.79 Å². The summed E-state index contributed by atoms with van der Waals surface area (Å²) in [5.74, 6) is -2.78. The lowest BCUT2D eigenvalue weighted by Crippen LogP contribution is -2.40. The van der Waals surface area contributed by atoms with Crippen LogP contribution in [0.25, 0.3) is 0 Å². The first-order valence-corrected chi connectivity index (χ1v) is 11.4. The van der Waals surface area contributed by atoms with E-state index in [1.165, 1.54) is 36.4 Å². The van der Waals surface area contributed by atoms with E-state index in [-0.39, 0.29) is 49.2 Å². The van der Waals surface area contributed by atoms with E-state index >= 15 is 0 Å². The van der Waals surface area contributed by atoms with E-state index in [1.807, 2.05) is 0 Å². The first kappa shape index (κ1) is 23.2. The van der Waals surface area contributed by atoms with Crippen LogP contribution in [0.4, 0.5) is 8.78 Å². The van der Waals surface area contributed by atoms with Crippen LogP contribution in [0.15, 0.2) is 48.5 Å². The Morgan fingerprint density at radius 2 is 1.32 bits per heavy atom. The summed E-state index contributed by atoms with van der Waals surface area (Å²) < 4.78 is 45.4. The average Bonchev–Trinajstić information content (AvgIpc) is 3.17. The van der Waals surface area contributed by atoms with Gasteiger partial charge in [-0.2, -0.15) is 0 Å². The minimum absolute atomic E-state index is 0.00362. The van der Waals surface area contributed by atoms with Crippen molar-refractivity contribution in [2.24, 2.45) is 0 Å². The van der Waals surface area contributed by atoms with Crippen molar-refractivity contribution in [3.63, 3.8) is 0 Å². The summed E-state index contributed by atoms with van der Waals surface area (Å²) >= 11 is 19.2. The number of hydrogen-bond donors (Lipinski definition) is 0. The van der Waals surface area contributed by atoms with Gasteiger partial charge in [0.05, 0.1) is 45.0 Å². The SMILES string of the molecule is O=C(c1cc2c(cc1Cl)OC(c1ccc(F)cc1Cl)(c1ccc(F)cc1Cl)O2)N1CCOCC1. The number of halogens is 5. The molecule has 0 aromatic heterocycles. The van der Waals surface area contributed by atoms with Gasteiger partial charge in [-0.05, 0) is 42.5 Å². The van der Waals surface area contributed by atoms with E-state index < -0.39 is 17.4 Å². The fraction of sp³-hybridized carbons (Fsp3) is 0.208. The highest BCUT2D eigenvalue weighted by molar-refractivity contribution is 6.34. The predicted octanol–water partition coefficient (Wildman–Crippen LogP) is 6.07. The maximum absolute atomic E-state index is 13.8. The normalized spacial score (nSPS) is 16.6. The molecule has 5 rings (SSSR count). The van der Waals surface area contributed by atoms with Crippen molar-refractivity contribution >= 4 is 40.7 Å². The van der Waals surface area contributed by atoms with Crippen LogP contribution in [0.5, 0.6) is 11.5 Å². The molecule has 2 aliphatic rings. The molecule has 0 aliphatic carbocycles. The monoisotopic (exact) mass is 525 g/mol. The first-order valence-electron chi connectivity index (χ1n) is 10.3. The summed E-state index contributed by atoms with van der Waals surface area (Å²) in [5.41, 5.74) is 0.687. The molecule has 0 N–H and O–H groups in total. The molecular formula is C24H16Cl3F2NO4. The lowest BCUT2D eigenvalue weighted by atomic mass is 9.96. The van der Waals surface area contributed by atoms with Gasteiger partial charge in [0, 0.05) is 19.2 Å². The molecule has 5 nitrogen and oxygen atoms in total. The van der Waals surface area contributed by atoms with Crippen LogP contribution >= 0.6 is 34.8 Å². The molecule has 0 unspecified atom stereocenters. The molecular weight excluding hydrogens is 511 g/mol. The van der Waals surface area contributed by atoms with Crippen LogP contribution in [0.3, 0.4) is 0 Å². The predicted molar refractivity (Wildman–Crippen MR) is 123 cm³/mol. The van der Waals surface area contributed by atoms with Gasteiger partial charge >= 0.3 is 5.79 Å². The molecule has 0 bridgehead atoms. The Bertz CT molecular complexity index is 1250. The molecule has 0 spiro atoms. The second kappa shape index (κ2) is 8.89. The Hall–Kier alpha value is -2.58. The number of nitrogens with zero attached hydrogens (tertiary/aromatic N) is 1. The van der Waals surface area contributed by atoms with Gasteiger partial charge in [-0.1, -0.05) is 34.8 Å². The number of ether oxygens (including phenoxy) is 3. The van der Waals surface area contributed by atoms with Crippen LogP contribution in [0.2, 0.25) is 15.1 Å². The van der Waals surface area contributed by atoms with Gasteiger partial charge in [0.2, 0.25) is 0 Å². The minimum Gasteiger partial charge on any atom is -0.440 e. The highest BCUT2D eigenvalue weighted by Gasteiger charge is 2.49. The summed E-state index contributed by atoms with van der Waals surface area (Å²) in [7, 11) is 0. The maximum atomic E-state index is 13.8. The van der Waals surface area contributed by atoms with E-state index in [1.54, 1.807) is 4.90 Å². The highest BCUT2D eigenvalue weighted by Crippen LogP contribution is 2.52. The van der Waals surface area contributed by atoms with Crippen molar-refractivity contribution in [1.82, 2.24) is 4.90 Å². The molecule has 0 atom stereocenters. The van der Waals surface area contributed by atoms with Crippen molar-refractivity contribution in [2.75, 3.05) is 26.3 Å². The Labute approximate surface area is 208 Å². The van der Waals surface area contributed by atoms with Gasteiger partial charge in [-0.15, -0.1) is 0 Å². The summed E-state index contributed by atoms with van der Waals surface area (Å²) in [6.45, 7) is 1.74. The summed E-state index contributed by atoms with van der Waals surface area (Å²) in [4.78, 5) is 14.7. The zero-order chi connectivity index (χ0) is 24.0. The molecule has 34 heavy (non-hydrogen) atoms. The standard InChI is InChI=1S/C24H16Cl3F2NO4/c25-18-12-22-21(11-15(18)23(31)30-5-7-32-8-6-30)33-24(34-22,16-3-1-13(28)9-19(16)26)17-4-2-14(29)10-20(17)27/h1-4,9-12H,5-8H2. The molecule has 10 heteroatoms. The fourth-order valence-corrected chi connectivity index (χ4v) is 4.82. The summed E-state index contributed by atoms with van der Waals surface area (Å²) in [5, 5.41) is 0.165. The number of amides is 1. The topological polar surface area (TPSA) is 48.0 Å². The summed E-state index contributed by atoms with van der Waals surface area (Å²) in [6, 6.07) is 10.3. The number of carbonyl (C=O) groups is 1. The van der Waals surface area contributed by atoms with E-state index in [2.05, 4.69) is 0 Å². The highest BCUT2D eigenvalue weighted by atomic mass is 35.5. The Balaban J connectivity index is 1.62. The molecule has 1 fully saturated rings. The Morgan fingerprint density at radius 1 is 0.794 bits per heavy atom. The van der Waals surface area contributed by atoms with E-state index in [4.69, 9.17) is 49.0 Å². The molecule has 0 radical (unpaired) electrons. The van der Waals surface area contributed by atoms with Crippen LogP contribution < -0.4 is 9.47 Å². The number of carbonyl (C=O) groups excluding carboxylic acids is 1. The minimum atomic E-state index is -1.78. The molecule has 1 saturated heterocycles. The quantitative estimate of drug-likeness (QED) is 0.416. The lowest BCUT2D eigenvalue weighted by molar-refractivity contribution is -0.0458. The number of fused-ring (bicyclic) bond motifs is 1. The third-order valence-corrected chi connectivity index (χ3v) is 6.58. The summed E-state index contributed by atoms with van der Waals surface area (Å²) in [6.07, 6.45) is 0. The van der Waals surface area contributed by atoms with Crippen molar-refractivity contribution < 1.29 is 27.8 Å². The van der Waals surface area contributed by atoms with Crippen LogP contribution in [0.1, 0.15) is 21.5 Å². The lowest BCUT2D eigenvalue weighted by Gasteiger charge is -2.30. The van der Waals surface area contributed by atoms with Crippen molar-refractivity contribution in [1.29, 1.82) is 0 Å². The van der Waals surface area contributed by atoms with Crippen molar-refractivity contribution in [2.45, 2.75) is 5.79 Å². The Morgan fingerprint density at radius 3 is 1.85 bits per heavy atom. The molecule has 3 aromatic rings. The third kappa shape index (κ3) is 3.96. The van der Waals surface area contributed by atoms with E-state index in [0.29, 0.717) is 26.3 Å². The van der Waals surface area contributed by atoms with Crippen molar-refractivity contribution in [3.8, 4) is 11.5 Å². The van der Waals surface area contributed by atoms with Gasteiger partial charge in [0.1, 0.15) is 11.6 Å². The molecule has 0 saturated carbocycles.